The van der Waals surface area contributed by atoms with Gasteiger partial charge in [-0.15, -0.1) is 0 Å². The summed E-state index contributed by atoms with van der Waals surface area (Å²) in [6.07, 6.45) is 3.63. The molecule has 9 heteroatoms. The molecule has 154 valence electrons. The zero-order valence-electron chi connectivity index (χ0n) is 16.0. The van der Waals surface area contributed by atoms with E-state index in [0.717, 1.165) is 6.07 Å². The van der Waals surface area contributed by atoms with E-state index >= 15 is 0 Å². The number of likely N-dealkylation sites (tertiary alicyclic amines) is 1. The second-order valence-corrected chi connectivity index (χ2v) is 7.34. The highest BCUT2D eigenvalue weighted by Crippen LogP contribution is 2.36. The standard InChI is InChI=1S/C21H19F2N5O2/c22-13-6-12(7-14(23)8-13)18-3-4-20(28(18)21(25)29)27-15-9-16(10-15)30-19-2-1-5-26-17(19)11-24/h1-2,5-8,15-16,18H,3-4,9-10H2,(H2,25,29)/t15?,16?,18-/m0/s1. The van der Waals surface area contributed by atoms with Gasteiger partial charge in [0.15, 0.2) is 11.4 Å². The summed E-state index contributed by atoms with van der Waals surface area (Å²) < 4.78 is 33.0. The molecule has 30 heavy (non-hydrogen) atoms. The lowest BCUT2D eigenvalue weighted by Gasteiger charge is -2.34. The average molecular weight is 411 g/mol. The fourth-order valence-electron chi connectivity index (χ4n) is 3.89. The number of rotatable bonds is 4. The molecule has 0 spiro atoms. The number of urea groups is 1. The minimum Gasteiger partial charge on any atom is -0.487 e. The predicted molar refractivity (Wildman–Crippen MR) is 104 cm³/mol. The van der Waals surface area contributed by atoms with Crippen molar-refractivity contribution in [3.8, 4) is 11.8 Å². The van der Waals surface area contributed by atoms with Crippen molar-refractivity contribution >= 4 is 11.9 Å². The SMILES string of the molecule is N#Cc1ncccc1OC1CC(N=C2CC[C@@H](c3cc(F)cc(F)c3)N2C(N)=O)C1. The Morgan fingerprint density at radius 3 is 2.70 bits per heavy atom. The molecule has 7 nitrogen and oxygen atoms in total. The highest BCUT2D eigenvalue weighted by atomic mass is 19.1. The maximum Gasteiger partial charge on any atom is 0.320 e. The summed E-state index contributed by atoms with van der Waals surface area (Å²) in [7, 11) is 0. The lowest BCUT2D eigenvalue weighted by Crippen LogP contribution is -2.42. The number of primary amides is 1. The van der Waals surface area contributed by atoms with Crippen molar-refractivity contribution in [1.82, 2.24) is 9.88 Å². The number of amides is 2. The van der Waals surface area contributed by atoms with E-state index in [1.54, 1.807) is 12.1 Å². The first-order valence-electron chi connectivity index (χ1n) is 9.57. The summed E-state index contributed by atoms with van der Waals surface area (Å²) >= 11 is 0. The van der Waals surface area contributed by atoms with Crippen LogP contribution >= 0.6 is 0 Å². The molecule has 1 aromatic heterocycles. The summed E-state index contributed by atoms with van der Waals surface area (Å²) in [4.78, 5) is 22.0. The molecule has 2 amide bonds. The summed E-state index contributed by atoms with van der Waals surface area (Å²) in [6.45, 7) is 0. The molecule has 1 saturated heterocycles. The van der Waals surface area contributed by atoms with Crippen LogP contribution in [0.5, 0.6) is 5.75 Å². The van der Waals surface area contributed by atoms with E-state index in [-0.39, 0.29) is 17.8 Å². The van der Waals surface area contributed by atoms with Gasteiger partial charge in [0.1, 0.15) is 29.6 Å². The van der Waals surface area contributed by atoms with Gasteiger partial charge in [-0.2, -0.15) is 5.26 Å². The number of halogens is 2. The third-order valence-corrected chi connectivity index (χ3v) is 5.31. The Morgan fingerprint density at radius 1 is 1.30 bits per heavy atom. The van der Waals surface area contributed by atoms with Gasteiger partial charge in [0.2, 0.25) is 0 Å². The van der Waals surface area contributed by atoms with Gasteiger partial charge in [0, 0.05) is 31.5 Å². The van der Waals surface area contributed by atoms with Crippen LogP contribution in [0.25, 0.3) is 0 Å². The van der Waals surface area contributed by atoms with Crippen LogP contribution in [0.4, 0.5) is 13.6 Å². The maximum atomic E-state index is 13.6. The van der Waals surface area contributed by atoms with Crippen molar-refractivity contribution in [3.05, 3.63) is 59.4 Å². The molecular weight excluding hydrogens is 392 g/mol. The fourth-order valence-corrected chi connectivity index (χ4v) is 3.89. The first kappa shape index (κ1) is 19.8. The zero-order chi connectivity index (χ0) is 21.3. The van der Waals surface area contributed by atoms with Crippen LogP contribution in [-0.4, -0.2) is 33.9 Å². The third kappa shape index (κ3) is 3.94. The number of aliphatic imine (C=N–C) groups is 1. The number of hydrogen-bond donors (Lipinski definition) is 1. The van der Waals surface area contributed by atoms with Crippen molar-refractivity contribution < 1.29 is 18.3 Å². The molecule has 4 rings (SSSR count). The molecule has 0 unspecified atom stereocenters. The number of benzene rings is 1. The molecule has 1 aliphatic carbocycles. The molecule has 1 aromatic carbocycles. The second-order valence-electron chi connectivity index (χ2n) is 7.34. The van der Waals surface area contributed by atoms with Gasteiger partial charge in [-0.05, 0) is 36.2 Å². The van der Waals surface area contributed by atoms with E-state index < -0.39 is 23.7 Å². The van der Waals surface area contributed by atoms with Crippen LogP contribution in [0.3, 0.4) is 0 Å². The number of hydrogen-bond acceptors (Lipinski definition) is 5. The van der Waals surface area contributed by atoms with E-state index in [9.17, 15) is 13.6 Å². The second kappa shape index (κ2) is 8.06. The Hall–Kier alpha value is -3.54. The van der Waals surface area contributed by atoms with Gasteiger partial charge in [-0.3, -0.25) is 9.89 Å². The molecule has 0 radical (unpaired) electrons. The van der Waals surface area contributed by atoms with Crippen LogP contribution < -0.4 is 10.5 Å². The molecule has 1 saturated carbocycles. The molecule has 1 atom stereocenters. The molecule has 1 aliphatic heterocycles. The van der Waals surface area contributed by atoms with Crippen LogP contribution in [0.2, 0.25) is 0 Å². The van der Waals surface area contributed by atoms with E-state index in [1.165, 1.54) is 23.2 Å². The first-order chi connectivity index (χ1) is 14.4. The topological polar surface area (TPSA) is 105 Å². The van der Waals surface area contributed by atoms with Gasteiger partial charge in [-0.1, -0.05) is 0 Å². The predicted octanol–water partition coefficient (Wildman–Crippen LogP) is 3.46. The molecule has 0 bridgehead atoms. The summed E-state index contributed by atoms with van der Waals surface area (Å²) in [5.41, 5.74) is 6.13. The lowest BCUT2D eigenvalue weighted by molar-refractivity contribution is 0.100. The molecule has 2 aromatic rings. The number of nitrogens with two attached hydrogens (primary N) is 1. The Morgan fingerprint density at radius 2 is 2.03 bits per heavy atom. The zero-order valence-corrected chi connectivity index (χ0v) is 16.0. The quantitative estimate of drug-likeness (QED) is 0.832. The van der Waals surface area contributed by atoms with Gasteiger partial charge < -0.3 is 10.5 Å². The van der Waals surface area contributed by atoms with E-state index in [0.29, 0.717) is 42.8 Å². The van der Waals surface area contributed by atoms with E-state index in [2.05, 4.69) is 9.98 Å². The van der Waals surface area contributed by atoms with E-state index in [1.807, 2.05) is 6.07 Å². The van der Waals surface area contributed by atoms with Crippen molar-refractivity contribution in [2.45, 2.75) is 43.9 Å². The van der Waals surface area contributed by atoms with Crippen molar-refractivity contribution in [3.63, 3.8) is 0 Å². The summed E-state index contributed by atoms with van der Waals surface area (Å²) in [6, 6.07) is 7.28. The smallest absolute Gasteiger partial charge is 0.320 e. The number of aromatic nitrogens is 1. The van der Waals surface area contributed by atoms with Crippen molar-refractivity contribution in [1.29, 1.82) is 5.26 Å². The number of carbonyl (C=O) groups is 1. The Labute approximate surface area is 171 Å². The van der Waals surface area contributed by atoms with Gasteiger partial charge in [-0.25, -0.2) is 18.6 Å². The Kier molecular flexibility index (Phi) is 5.31. The van der Waals surface area contributed by atoms with E-state index in [4.69, 9.17) is 15.7 Å². The molecule has 2 N–H and O–H groups in total. The number of carbonyl (C=O) groups excluding carboxylic acids is 1. The minimum absolute atomic E-state index is 0.0583. The highest BCUT2D eigenvalue weighted by molar-refractivity contribution is 5.99. The number of amidine groups is 1. The normalized spacial score (nSPS) is 24.4. The molecular formula is C21H19F2N5O2. The van der Waals surface area contributed by atoms with Gasteiger partial charge in [0.25, 0.3) is 0 Å². The van der Waals surface area contributed by atoms with Crippen LogP contribution in [0, 0.1) is 23.0 Å². The lowest BCUT2D eigenvalue weighted by atomic mass is 9.89. The fraction of sp³-hybridized carbons (Fsp3) is 0.333. The number of pyridine rings is 1. The minimum atomic E-state index is -0.706. The third-order valence-electron chi connectivity index (χ3n) is 5.31. The Balaban J connectivity index is 1.44. The molecule has 2 aliphatic rings. The van der Waals surface area contributed by atoms with Crippen LogP contribution in [0.15, 0.2) is 41.5 Å². The summed E-state index contributed by atoms with van der Waals surface area (Å²) in [5, 5.41) is 9.09. The van der Waals surface area contributed by atoms with Crippen LogP contribution in [0.1, 0.15) is 43.0 Å². The number of nitrogens with zero attached hydrogens (tertiary/aromatic N) is 4. The monoisotopic (exact) mass is 411 g/mol. The summed E-state index contributed by atoms with van der Waals surface area (Å²) in [5.74, 6) is -0.458. The van der Waals surface area contributed by atoms with Crippen molar-refractivity contribution in [2.75, 3.05) is 0 Å². The van der Waals surface area contributed by atoms with Crippen molar-refractivity contribution in [2.24, 2.45) is 10.7 Å². The maximum absolute atomic E-state index is 13.6. The molecule has 2 fully saturated rings. The number of nitriles is 1. The number of ether oxygens (including phenoxy) is 1. The van der Waals surface area contributed by atoms with Crippen LogP contribution in [-0.2, 0) is 0 Å². The van der Waals surface area contributed by atoms with Gasteiger partial charge in [0.05, 0.1) is 12.1 Å². The first-order valence-corrected chi connectivity index (χ1v) is 9.57. The highest BCUT2D eigenvalue weighted by Gasteiger charge is 2.37. The largest absolute Gasteiger partial charge is 0.487 e. The average Bonchev–Trinajstić information content (AvgIpc) is 3.10. The van der Waals surface area contributed by atoms with Gasteiger partial charge >= 0.3 is 6.03 Å². The molecule has 2 heterocycles. The Bertz CT molecular complexity index is 1030.